The van der Waals surface area contributed by atoms with Crippen molar-refractivity contribution in [3.05, 3.63) is 12.2 Å². The van der Waals surface area contributed by atoms with Gasteiger partial charge in [-0.15, -0.1) is 0 Å². The largest absolute Gasteiger partial charge is 0.330 e. The molecule has 1 atom stereocenters. The van der Waals surface area contributed by atoms with Gasteiger partial charge in [0.15, 0.2) is 5.78 Å². The van der Waals surface area contributed by atoms with Crippen molar-refractivity contribution in [1.82, 2.24) is 4.90 Å². The van der Waals surface area contributed by atoms with Crippen LogP contribution in [-0.4, -0.2) is 35.1 Å². The predicted octanol–water partition coefficient (Wildman–Crippen LogP) is 0.244. The Hall–Kier alpha value is -1.49. The third-order valence-corrected chi connectivity index (χ3v) is 2.64. The van der Waals surface area contributed by atoms with E-state index in [-0.39, 0.29) is 12.3 Å². The number of carbonyl (C=O) groups is 3. The summed E-state index contributed by atoms with van der Waals surface area (Å²) in [6.45, 7) is 5.54. The normalized spacial score (nSPS) is 17.8. The first kappa shape index (κ1) is 13.6. The number of ketones is 1. The molecule has 0 saturated carbocycles. The number of nitrogens with zero attached hydrogens (tertiary/aromatic N) is 1. The van der Waals surface area contributed by atoms with Gasteiger partial charge in [-0.05, 0) is 13.0 Å². The SMILES string of the molecule is CC(C)(C)C(=O)[C@H](CCN)N1C(=O)C=CC1=O. The molecule has 1 rings (SSSR count). The maximum Gasteiger partial charge on any atom is 0.254 e. The molecule has 1 aliphatic rings. The highest BCUT2D eigenvalue weighted by Crippen LogP contribution is 2.23. The number of rotatable bonds is 4. The lowest BCUT2D eigenvalue weighted by atomic mass is 9.84. The van der Waals surface area contributed by atoms with E-state index in [0.29, 0.717) is 6.42 Å². The summed E-state index contributed by atoms with van der Waals surface area (Å²) in [6.07, 6.45) is 2.67. The van der Waals surface area contributed by atoms with Gasteiger partial charge in [-0.25, -0.2) is 0 Å². The molecule has 0 aromatic rings. The first-order valence-electron chi connectivity index (χ1n) is 5.58. The molecule has 0 radical (unpaired) electrons. The minimum atomic E-state index is -0.755. The van der Waals surface area contributed by atoms with Gasteiger partial charge in [-0.1, -0.05) is 20.8 Å². The molecule has 0 aromatic heterocycles. The summed E-state index contributed by atoms with van der Waals surface area (Å²) in [7, 11) is 0. The summed E-state index contributed by atoms with van der Waals surface area (Å²) >= 11 is 0. The zero-order valence-electron chi connectivity index (χ0n) is 10.4. The second-order valence-electron chi connectivity index (χ2n) is 5.09. The van der Waals surface area contributed by atoms with Crippen molar-refractivity contribution in [1.29, 1.82) is 0 Å². The Bertz CT molecular complexity index is 362. The molecule has 0 aromatic carbocycles. The number of amides is 2. The molecule has 0 unspecified atom stereocenters. The Labute approximate surface area is 101 Å². The average molecular weight is 238 g/mol. The van der Waals surface area contributed by atoms with Crippen LogP contribution < -0.4 is 5.73 Å². The smallest absolute Gasteiger partial charge is 0.254 e. The quantitative estimate of drug-likeness (QED) is 0.712. The predicted molar refractivity (Wildman–Crippen MR) is 62.9 cm³/mol. The molecule has 0 spiro atoms. The van der Waals surface area contributed by atoms with Crippen LogP contribution in [0.2, 0.25) is 0 Å². The Balaban J connectivity index is 2.98. The Kier molecular flexibility index (Phi) is 3.83. The lowest BCUT2D eigenvalue weighted by Gasteiger charge is -2.30. The topological polar surface area (TPSA) is 80.5 Å². The highest BCUT2D eigenvalue weighted by Gasteiger charge is 2.39. The van der Waals surface area contributed by atoms with E-state index in [9.17, 15) is 14.4 Å². The lowest BCUT2D eigenvalue weighted by molar-refractivity contribution is -0.147. The van der Waals surface area contributed by atoms with Crippen LogP contribution in [0.5, 0.6) is 0 Å². The van der Waals surface area contributed by atoms with Gasteiger partial charge in [-0.2, -0.15) is 0 Å². The van der Waals surface area contributed by atoms with Gasteiger partial charge in [0.25, 0.3) is 11.8 Å². The van der Waals surface area contributed by atoms with Gasteiger partial charge in [0.1, 0.15) is 6.04 Å². The molecule has 1 heterocycles. The second kappa shape index (κ2) is 4.79. The minimum absolute atomic E-state index is 0.145. The van der Waals surface area contributed by atoms with Gasteiger partial charge < -0.3 is 5.73 Å². The zero-order valence-corrected chi connectivity index (χ0v) is 10.4. The highest BCUT2D eigenvalue weighted by molar-refractivity contribution is 6.15. The van der Waals surface area contributed by atoms with E-state index in [1.165, 1.54) is 12.2 Å². The molecular formula is C12H18N2O3. The van der Waals surface area contributed by atoms with Crippen molar-refractivity contribution in [3.8, 4) is 0 Å². The van der Waals surface area contributed by atoms with Crippen molar-refractivity contribution >= 4 is 17.6 Å². The van der Waals surface area contributed by atoms with E-state index >= 15 is 0 Å². The number of nitrogens with two attached hydrogens (primary N) is 1. The molecule has 94 valence electrons. The van der Waals surface area contributed by atoms with E-state index in [1.807, 2.05) is 0 Å². The number of carbonyl (C=O) groups excluding carboxylic acids is 3. The van der Waals surface area contributed by atoms with Crippen molar-refractivity contribution in [2.75, 3.05) is 6.54 Å². The third-order valence-electron chi connectivity index (χ3n) is 2.64. The fraction of sp³-hybridized carbons (Fsp3) is 0.583. The van der Waals surface area contributed by atoms with Crippen LogP contribution in [0.3, 0.4) is 0 Å². The number of Topliss-reactive ketones (excluding diaryl/α,β-unsaturated/α-hetero) is 1. The van der Waals surface area contributed by atoms with Crippen LogP contribution in [0.4, 0.5) is 0 Å². The van der Waals surface area contributed by atoms with Crippen LogP contribution >= 0.6 is 0 Å². The monoisotopic (exact) mass is 238 g/mol. The molecule has 5 nitrogen and oxygen atoms in total. The van der Waals surface area contributed by atoms with Gasteiger partial charge in [0, 0.05) is 17.6 Å². The Morgan fingerprint density at radius 1 is 1.29 bits per heavy atom. The number of imide groups is 1. The molecule has 2 amide bonds. The summed E-state index contributed by atoms with van der Waals surface area (Å²) in [5, 5.41) is 0. The summed E-state index contributed by atoms with van der Waals surface area (Å²) < 4.78 is 0. The zero-order chi connectivity index (χ0) is 13.2. The maximum absolute atomic E-state index is 12.2. The minimum Gasteiger partial charge on any atom is -0.330 e. The van der Waals surface area contributed by atoms with Crippen molar-refractivity contribution in [2.24, 2.45) is 11.1 Å². The highest BCUT2D eigenvalue weighted by atomic mass is 16.2. The lowest BCUT2D eigenvalue weighted by Crippen LogP contribution is -2.49. The Morgan fingerprint density at radius 3 is 2.12 bits per heavy atom. The van der Waals surface area contributed by atoms with Crippen LogP contribution in [0.25, 0.3) is 0 Å². The Morgan fingerprint density at radius 2 is 1.76 bits per heavy atom. The summed E-state index contributed by atoms with van der Waals surface area (Å²) in [4.78, 5) is 36.3. The standard InChI is InChI=1S/C12H18N2O3/c1-12(2,3)11(17)8(6-7-13)14-9(15)4-5-10(14)16/h4-5,8H,6-7,13H2,1-3H3/t8-/m0/s1. The molecule has 0 saturated heterocycles. The second-order valence-corrected chi connectivity index (χ2v) is 5.09. The fourth-order valence-corrected chi connectivity index (χ4v) is 1.75. The fourth-order valence-electron chi connectivity index (χ4n) is 1.75. The van der Waals surface area contributed by atoms with Crippen LogP contribution in [0.15, 0.2) is 12.2 Å². The number of hydrogen-bond acceptors (Lipinski definition) is 4. The van der Waals surface area contributed by atoms with Crippen molar-refractivity contribution in [2.45, 2.75) is 33.2 Å². The molecule has 0 bridgehead atoms. The van der Waals surface area contributed by atoms with E-state index in [4.69, 9.17) is 5.73 Å². The van der Waals surface area contributed by atoms with Crippen LogP contribution in [0.1, 0.15) is 27.2 Å². The van der Waals surface area contributed by atoms with E-state index < -0.39 is 23.3 Å². The average Bonchev–Trinajstić information content (AvgIpc) is 2.53. The molecule has 5 heteroatoms. The molecule has 0 fully saturated rings. The molecule has 1 aliphatic heterocycles. The van der Waals surface area contributed by atoms with Gasteiger partial charge in [-0.3, -0.25) is 19.3 Å². The molecule has 2 N–H and O–H groups in total. The van der Waals surface area contributed by atoms with E-state index in [1.54, 1.807) is 20.8 Å². The van der Waals surface area contributed by atoms with Crippen molar-refractivity contribution in [3.63, 3.8) is 0 Å². The van der Waals surface area contributed by atoms with Gasteiger partial charge in [0.05, 0.1) is 0 Å². The van der Waals surface area contributed by atoms with E-state index in [0.717, 1.165) is 4.90 Å². The van der Waals surface area contributed by atoms with Gasteiger partial charge in [0.2, 0.25) is 0 Å². The maximum atomic E-state index is 12.2. The molecule has 0 aliphatic carbocycles. The molecular weight excluding hydrogens is 220 g/mol. The molecule has 17 heavy (non-hydrogen) atoms. The number of hydrogen-bond donors (Lipinski definition) is 1. The summed E-state index contributed by atoms with van der Waals surface area (Å²) in [5.41, 5.74) is 4.84. The summed E-state index contributed by atoms with van der Waals surface area (Å²) in [6, 6.07) is -0.755. The third kappa shape index (κ3) is 2.79. The first-order chi connectivity index (χ1) is 7.79. The first-order valence-corrected chi connectivity index (χ1v) is 5.58. The van der Waals surface area contributed by atoms with E-state index in [2.05, 4.69) is 0 Å². The van der Waals surface area contributed by atoms with Crippen molar-refractivity contribution < 1.29 is 14.4 Å². The van der Waals surface area contributed by atoms with Crippen LogP contribution in [-0.2, 0) is 14.4 Å². The summed E-state index contributed by atoms with van der Waals surface area (Å²) in [5.74, 6) is -1.02. The van der Waals surface area contributed by atoms with Crippen LogP contribution in [0, 0.1) is 5.41 Å². The van der Waals surface area contributed by atoms with Gasteiger partial charge >= 0.3 is 0 Å².